The Morgan fingerprint density at radius 1 is 1.69 bits per heavy atom. The second kappa shape index (κ2) is 5.57. The quantitative estimate of drug-likeness (QED) is 0.717. The van der Waals surface area contributed by atoms with Crippen LogP contribution in [0.5, 0.6) is 0 Å². The molecular formula is C11H19NO3S. The van der Waals surface area contributed by atoms with E-state index in [1.54, 1.807) is 0 Å². The molecule has 1 saturated heterocycles. The minimum Gasteiger partial charge on any atom is -0.480 e. The number of hydrogen-bond acceptors (Lipinski definition) is 3. The van der Waals surface area contributed by atoms with Crippen LogP contribution >= 0.6 is 12.6 Å². The van der Waals surface area contributed by atoms with E-state index in [2.05, 4.69) is 12.6 Å². The lowest BCUT2D eigenvalue weighted by molar-refractivity contribution is -0.150. The number of carboxylic acids is 1. The van der Waals surface area contributed by atoms with E-state index in [1.807, 2.05) is 13.8 Å². The van der Waals surface area contributed by atoms with E-state index in [4.69, 9.17) is 0 Å². The number of amides is 1. The molecular weight excluding hydrogens is 226 g/mol. The van der Waals surface area contributed by atoms with Crippen molar-refractivity contribution in [3.63, 3.8) is 0 Å². The number of carbonyl (C=O) groups is 2. The van der Waals surface area contributed by atoms with Gasteiger partial charge in [-0.05, 0) is 17.6 Å². The third kappa shape index (κ3) is 2.70. The molecule has 0 aromatic rings. The molecule has 0 bridgehead atoms. The molecule has 0 saturated carbocycles. The highest BCUT2D eigenvalue weighted by Crippen LogP contribution is 2.25. The smallest absolute Gasteiger partial charge is 0.326 e. The minimum atomic E-state index is -0.900. The van der Waals surface area contributed by atoms with Gasteiger partial charge < -0.3 is 10.0 Å². The van der Waals surface area contributed by atoms with E-state index in [0.717, 1.165) is 6.42 Å². The van der Waals surface area contributed by atoms with Crippen LogP contribution in [0.3, 0.4) is 0 Å². The number of likely N-dealkylation sites (tertiary alicyclic amines) is 1. The maximum Gasteiger partial charge on any atom is 0.326 e. The molecule has 1 heterocycles. The molecule has 4 nitrogen and oxygen atoms in total. The summed E-state index contributed by atoms with van der Waals surface area (Å²) in [6.07, 6.45) is 1.19. The van der Waals surface area contributed by atoms with E-state index in [9.17, 15) is 14.7 Å². The summed E-state index contributed by atoms with van der Waals surface area (Å²) in [6, 6.07) is -0.678. The summed E-state index contributed by atoms with van der Waals surface area (Å²) in [4.78, 5) is 24.5. The van der Waals surface area contributed by atoms with Gasteiger partial charge in [0.1, 0.15) is 6.04 Å². The van der Waals surface area contributed by atoms with Gasteiger partial charge in [0.2, 0.25) is 5.91 Å². The zero-order chi connectivity index (χ0) is 12.3. The van der Waals surface area contributed by atoms with Crippen molar-refractivity contribution < 1.29 is 14.7 Å². The molecule has 16 heavy (non-hydrogen) atoms. The average Bonchev–Trinajstić information content (AvgIpc) is 2.59. The number of aliphatic carboxylic acids is 1. The van der Waals surface area contributed by atoms with Crippen LogP contribution in [0.4, 0.5) is 0 Å². The van der Waals surface area contributed by atoms with Gasteiger partial charge in [0.05, 0.1) is 0 Å². The van der Waals surface area contributed by atoms with Crippen molar-refractivity contribution in [1.29, 1.82) is 0 Å². The van der Waals surface area contributed by atoms with Gasteiger partial charge >= 0.3 is 5.97 Å². The largest absolute Gasteiger partial charge is 0.480 e. The predicted molar refractivity (Wildman–Crippen MR) is 64.6 cm³/mol. The Balaban J connectivity index is 2.80. The van der Waals surface area contributed by atoms with Crippen LogP contribution in [0.15, 0.2) is 0 Å². The maximum atomic E-state index is 11.7. The topological polar surface area (TPSA) is 57.6 Å². The van der Waals surface area contributed by atoms with Crippen LogP contribution in [0.2, 0.25) is 0 Å². The molecule has 1 aliphatic rings. The first kappa shape index (κ1) is 13.4. The first-order chi connectivity index (χ1) is 7.51. The molecule has 1 fully saturated rings. The van der Waals surface area contributed by atoms with Crippen molar-refractivity contribution in [2.75, 3.05) is 12.3 Å². The fourth-order valence-electron chi connectivity index (χ4n) is 2.11. The Bertz CT molecular complexity index is 282. The molecule has 92 valence electrons. The predicted octanol–water partition coefficient (Wildman–Crippen LogP) is 1.26. The molecule has 1 N–H and O–H groups in total. The Labute approximate surface area is 101 Å². The first-order valence-electron chi connectivity index (χ1n) is 5.64. The lowest BCUT2D eigenvalue weighted by Crippen LogP contribution is -2.46. The Kier molecular flexibility index (Phi) is 4.65. The average molecular weight is 245 g/mol. The van der Waals surface area contributed by atoms with E-state index >= 15 is 0 Å². The fraction of sp³-hybridized carbons (Fsp3) is 0.818. The monoisotopic (exact) mass is 245 g/mol. The molecule has 1 rings (SSSR count). The van der Waals surface area contributed by atoms with Crippen molar-refractivity contribution >= 4 is 24.5 Å². The Hall–Kier alpha value is -0.710. The summed E-state index contributed by atoms with van der Waals surface area (Å²) in [6.45, 7) is 4.35. The van der Waals surface area contributed by atoms with E-state index in [0.29, 0.717) is 18.7 Å². The molecule has 5 heteroatoms. The van der Waals surface area contributed by atoms with Gasteiger partial charge in [0, 0.05) is 13.0 Å². The number of rotatable bonds is 5. The summed E-state index contributed by atoms with van der Waals surface area (Å²) in [5, 5.41) is 9.20. The molecule has 3 atom stereocenters. The second-order valence-corrected chi connectivity index (χ2v) is 4.83. The summed E-state index contributed by atoms with van der Waals surface area (Å²) in [5.41, 5.74) is 0. The van der Waals surface area contributed by atoms with Crippen molar-refractivity contribution in [3.8, 4) is 0 Å². The van der Waals surface area contributed by atoms with Crippen LogP contribution in [-0.2, 0) is 9.59 Å². The number of thiol groups is 1. The van der Waals surface area contributed by atoms with E-state index in [-0.39, 0.29) is 17.7 Å². The highest BCUT2D eigenvalue weighted by Gasteiger charge is 2.39. The number of carboxylic acid groups (broad SMARTS) is 1. The molecule has 1 amide bonds. The van der Waals surface area contributed by atoms with Crippen molar-refractivity contribution in [2.24, 2.45) is 11.8 Å². The highest BCUT2D eigenvalue weighted by atomic mass is 32.1. The fourth-order valence-corrected chi connectivity index (χ4v) is 2.35. The van der Waals surface area contributed by atoms with E-state index in [1.165, 1.54) is 4.90 Å². The van der Waals surface area contributed by atoms with Gasteiger partial charge in [-0.3, -0.25) is 4.79 Å². The standard InChI is InChI=1S/C11H19NO3S/c1-3-7(2)10(11(14)15)12-5-8(6-16)4-9(12)13/h7-8,10,16H,3-6H2,1-2H3,(H,14,15)/t7-,8?,10-/m0/s1. The normalized spacial score (nSPS) is 24.6. The van der Waals surface area contributed by atoms with Gasteiger partial charge in [-0.25, -0.2) is 4.79 Å². The lowest BCUT2D eigenvalue weighted by Gasteiger charge is -2.29. The number of carbonyl (C=O) groups excluding carboxylic acids is 1. The Morgan fingerprint density at radius 2 is 2.31 bits per heavy atom. The molecule has 0 aliphatic carbocycles. The van der Waals surface area contributed by atoms with Gasteiger partial charge in [-0.15, -0.1) is 0 Å². The summed E-state index contributed by atoms with van der Waals surface area (Å²) >= 11 is 4.17. The molecule has 0 spiro atoms. The van der Waals surface area contributed by atoms with Crippen LogP contribution < -0.4 is 0 Å². The van der Waals surface area contributed by atoms with Crippen molar-refractivity contribution in [1.82, 2.24) is 4.90 Å². The van der Waals surface area contributed by atoms with Crippen molar-refractivity contribution in [2.45, 2.75) is 32.7 Å². The third-order valence-electron chi connectivity index (χ3n) is 3.27. The summed E-state index contributed by atoms with van der Waals surface area (Å²) in [7, 11) is 0. The van der Waals surface area contributed by atoms with Gasteiger partial charge in [0.15, 0.2) is 0 Å². The third-order valence-corrected chi connectivity index (χ3v) is 3.78. The van der Waals surface area contributed by atoms with Crippen molar-refractivity contribution in [3.05, 3.63) is 0 Å². The molecule has 1 aliphatic heterocycles. The van der Waals surface area contributed by atoms with Gasteiger partial charge in [0.25, 0.3) is 0 Å². The number of nitrogens with zero attached hydrogens (tertiary/aromatic N) is 1. The summed E-state index contributed by atoms with van der Waals surface area (Å²) in [5.74, 6) is -0.133. The van der Waals surface area contributed by atoms with E-state index < -0.39 is 12.0 Å². The lowest BCUT2D eigenvalue weighted by atomic mass is 9.98. The van der Waals surface area contributed by atoms with Gasteiger partial charge in [-0.2, -0.15) is 12.6 Å². The zero-order valence-corrected chi connectivity index (χ0v) is 10.6. The SMILES string of the molecule is CC[C@H](C)[C@@H](C(=O)O)N1CC(CS)CC1=O. The second-order valence-electron chi connectivity index (χ2n) is 4.47. The molecule has 0 aromatic carbocycles. The first-order valence-corrected chi connectivity index (χ1v) is 6.27. The van der Waals surface area contributed by atoms with Crippen LogP contribution in [0.25, 0.3) is 0 Å². The van der Waals surface area contributed by atoms with Crippen LogP contribution in [0, 0.1) is 11.8 Å². The Morgan fingerprint density at radius 3 is 2.69 bits per heavy atom. The summed E-state index contributed by atoms with van der Waals surface area (Å²) < 4.78 is 0. The molecule has 1 unspecified atom stereocenters. The number of hydrogen-bond donors (Lipinski definition) is 2. The molecule has 0 aromatic heterocycles. The zero-order valence-electron chi connectivity index (χ0n) is 9.72. The maximum absolute atomic E-state index is 11.7. The molecule has 0 radical (unpaired) electrons. The highest BCUT2D eigenvalue weighted by molar-refractivity contribution is 7.80. The van der Waals surface area contributed by atoms with Crippen LogP contribution in [-0.4, -0.2) is 40.2 Å². The van der Waals surface area contributed by atoms with Gasteiger partial charge in [-0.1, -0.05) is 20.3 Å². The minimum absolute atomic E-state index is 0.0138. The van der Waals surface area contributed by atoms with Crippen LogP contribution in [0.1, 0.15) is 26.7 Å².